The molecule has 0 saturated heterocycles. The molecule has 0 spiro atoms. The van der Waals surface area contributed by atoms with Gasteiger partial charge in [0.05, 0.1) is 4.90 Å². The second-order valence-electron chi connectivity index (χ2n) is 4.07. The number of nitrogens with two attached hydrogens (primary N) is 1. The van der Waals surface area contributed by atoms with Crippen molar-refractivity contribution in [2.24, 2.45) is 5.73 Å². The first kappa shape index (κ1) is 15.0. The molecule has 0 aliphatic rings. The second kappa shape index (κ2) is 5.90. The second-order valence-corrected chi connectivity index (χ2v) is 6.67. The molecule has 2 aromatic carbocycles. The van der Waals surface area contributed by atoms with Gasteiger partial charge in [-0.05, 0) is 36.4 Å². The van der Waals surface area contributed by atoms with Crippen LogP contribution in [0.15, 0.2) is 51.8 Å². The van der Waals surface area contributed by atoms with Crippen molar-refractivity contribution in [2.75, 3.05) is 4.72 Å². The third kappa shape index (κ3) is 3.36. The zero-order chi connectivity index (χ0) is 14.8. The smallest absolute Gasteiger partial charge is 0.261 e. The average Bonchev–Trinajstić information content (AvgIpc) is 2.38. The Balaban J connectivity index is 2.35. The lowest BCUT2D eigenvalue weighted by Gasteiger charge is -2.09. The van der Waals surface area contributed by atoms with E-state index in [0.29, 0.717) is 5.69 Å². The maximum absolute atomic E-state index is 13.3. The van der Waals surface area contributed by atoms with Gasteiger partial charge in [-0.15, -0.1) is 0 Å². The third-order valence-electron chi connectivity index (χ3n) is 2.62. The first-order valence-electron chi connectivity index (χ1n) is 5.69. The summed E-state index contributed by atoms with van der Waals surface area (Å²) in [5.74, 6) is -0.520. The number of hydrogen-bond acceptors (Lipinski definition) is 3. The number of anilines is 1. The van der Waals surface area contributed by atoms with Gasteiger partial charge in [-0.2, -0.15) is 0 Å². The highest BCUT2D eigenvalue weighted by Gasteiger charge is 2.16. The van der Waals surface area contributed by atoms with E-state index < -0.39 is 15.8 Å². The Hall–Kier alpha value is -1.44. The molecule has 2 rings (SSSR count). The van der Waals surface area contributed by atoms with Gasteiger partial charge in [-0.25, -0.2) is 12.8 Å². The topological polar surface area (TPSA) is 72.2 Å². The van der Waals surface area contributed by atoms with Crippen LogP contribution in [0.1, 0.15) is 5.56 Å². The van der Waals surface area contributed by atoms with E-state index in [1.165, 1.54) is 12.1 Å². The molecule has 0 aliphatic carbocycles. The largest absolute Gasteiger partial charge is 0.326 e. The van der Waals surface area contributed by atoms with E-state index in [1.54, 1.807) is 24.3 Å². The van der Waals surface area contributed by atoms with E-state index in [9.17, 15) is 12.8 Å². The number of halogens is 2. The van der Waals surface area contributed by atoms with Crippen molar-refractivity contribution < 1.29 is 12.8 Å². The highest BCUT2D eigenvalue weighted by molar-refractivity contribution is 9.10. The lowest BCUT2D eigenvalue weighted by atomic mass is 10.2. The molecule has 0 atom stereocenters. The number of nitrogens with one attached hydrogen (secondary N) is 1. The van der Waals surface area contributed by atoms with E-state index in [0.717, 1.165) is 10.5 Å². The Morgan fingerprint density at radius 3 is 2.60 bits per heavy atom. The molecule has 20 heavy (non-hydrogen) atoms. The minimum absolute atomic E-state index is 0.0284. The maximum Gasteiger partial charge on any atom is 0.261 e. The predicted octanol–water partition coefficient (Wildman–Crippen LogP) is 2.85. The molecule has 3 N–H and O–H groups in total. The lowest BCUT2D eigenvalue weighted by molar-refractivity contribution is 0.596. The molecule has 0 fully saturated rings. The molecule has 2 aromatic rings. The minimum atomic E-state index is -3.77. The van der Waals surface area contributed by atoms with E-state index in [-0.39, 0.29) is 17.0 Å². The number of rotatable bonds is 4. The molecular weight excluding hydrogens is 347 g/mol. The highest BCUT2D eigenvalue weighted by Crippen LogP contribution is 2.21. The molecule has 0 aromatic heterocycles. The summed E-state index contributed by atoms with van der Waals surface area (Å²) in [7, 11) is -3.77. The Morgan fingerprint density at radius 2 is 1.95 bits per heavy atom. The summed E-state index contributed by atoms with van der Waals surface area (Å²) in [6, 6.07) is 10.3. The third-order valence-corrected chi connectivity index (χ3v) is 4.50. The monoisotopic (exact) mass is 358 g/mol. The Labute approximate surface area is 125 Å². The maximum atomic E-state index is 13.3. The number of hydrogen-bond donors (Lipinski definition) is 2. The number of benzene rings is 2. The van der Waals surface area contributed by atoms with Crippen LogP contribution in [-0.4, -0.2) is 8.42 Å². The molecule has 0 radical (unpaired) electrons. The first-order chi connectivity index (χ1) is 9.42. The van der Waals surface area contributed by atoms with Gasteiger partial charge in [0, 0.05) is 22.3 Å². The molecule has 0 amide bonds. The van der Waals surface area contributed by atoms with Gasteiger partial charge in [0.25, 0.3) is 10.0 Å². The van der Waals surface area contributed by atoms with E-state index in [1.807, 2.05) is 0 Å². The van der Waals surface area contributed by atoms with E-state index >= 15 is 0 Å². The lowest BCUT2D eigenvalue weighted by Crippen LogP contribution is -2.14. The van der Waals surface area contributed by atoms with Crippen molar-refractivity contribution in [1.29, 1.82) is 0 Å². The van der Waals surface area contributed by atoms with Crippen LogP contribution < -0.4 is 10.5 Å². The summed E-state index contributed by atoms with van der Waals surface area (Å²) in [5, 5.41) is 0. The van der Waals surface area contributed by atoms with E-state index in [2.05, 4.69) is 20.7 Å². The molecule has 4 nitrogen and oxygen atoms in total. The van der Waals surface area contributed by atoms with Gasteiger partial charge in [0.1, 0.15) is 5.82 Å². The van der Waals surface area contributed by atoms with Crippen LogP contribution in [0.25, 0.3) is 0 Å². The Bertz CT molecular complexity index is 735. The van der Waals surface area contributed by atoms with Crippen molar-refractivity contribution in [2.45, 2.75) is 11.4 Å². The van der Waals surface area contributed by atoms with Gasteiger partial charge >= 0.3 is 0 Å². The fourth-order valence-corrected chi connectivity index (χ4v) is 3.14. The van der Waals surface area contributed by atoms with Gasteiger partial charge in [0.2, 0.25) is 0 Å². The summed E-state index contributed by atoms with van der Waals surface area (Å²) in [6.07, 6.45) is 0. The molecule has 0 aliphatic heterocycles. The fourth-order valence-electron chi connectivity index (χ4n) is 1.64. The normalized spacial score (nSPS) is 11.3. The highest BCUT2D eigenvalue weighted by atomic mass is 79.9. The molecule has 7 heteroatoms. The Kier molecular flexibility index (Phi) is 4.42. The van der Waals surface area contributed by atoms with Crippen molar-refractivity contribution >= 4 is 31.6 Å². The first-order valence-corrected chi connectivity index (χ1v) is 7.97. The van der Waals surface area contributed by atoms with Crippen molar-refractivity contribution in [1.82, 2.24) is 0 Å². The quantitative estimate of drug-likeness (QED) is 0.882. The fraction of sp³-hybridized carbons (Fsp3) is 0.0769. The summed E-state index contributed by atoms with van der Waals surface area (Å²) in [5.41, 5.74) is 5.94. The van der Waals surface area contributed by atoms with Crippen LogP contribution in [0.4, 0.5) is 10.1 Å². The molecule has 0 saturated carbocycles. The zero-order valence-corrected chi connectivity index (χ0v) is 12.7. The summed E-state index contributed by atoms with van der Waals surface area (Å²) in [4.78, 5) is -0.0284. The van der Waals surface area contributed by atoms with Gasteiger partial charge in [-0.1, -0.05) is 22.0 Å². The van der Waals surface area contributed by atoms with Crippen molar-refractivity contribution in [3.8, 4) is 0 Å². The molecule has 0 unspecified atom stereocenters. The Morgan fingerprint density at radius 1 is 1.20 bits per heavy atom. The molecule has 0 bridgehead atoms. The minimum Gasteiger partial charge on any atom is -0.326 e. The number of sulfonamides is 1. The van der Waals surface area contributed by atoms with Crippen molar-refractivity contribution in [3.63, 3.8) is 0 Å². The van der Waals surface area contributed by atoms with Crippen LogP contribution in [0, 0.1) is 5.82 Å². The average molecular weight is 359 g/mol. The zero-order valence-electron chi connectivity index (χ0n) is 10.3. The van der Waals surface area contributed by atoms with Gasteiger partial charge in [-0.3, -0.25) is 4.72 Å². The van der Waals surface area contributed by atoms with Crippen LogP contribution in [-0.2, 0) is 16.6 Å². The van der Waals surface area contributed by atoms with Crippen LogP contribution in [0.3, 0.4) is 0 Å². The van der Waals surface area contributed by atoms with Crippen LogP contribution in [0.5, 0.6) is 0 Å². The predicted molar refractivity (Wildman–Crippen MR) is 79.2 cm³/mol. The molecule has 0 heterocycles. The van der Waals surface area contributed by atoms with Crippen molar-refractivity contribution in [3.05, 3.63) is 58.3 Å². The SMILES string of the molecule is NCc1cc(S(=O)(=O)Nc2cccc(Br)c2)ccc1F. The summed E-state index contributed by atoms with van der Waals surface area (Å²) >= 11 is 3.26. The summed E-state index contributed by atoms with van der Waals surface area (Å²) < 4.78 is 40.9. The van der Waals surface area contributed by atoms with Gasteiger partial charge in [0.15, 0.2) is 0 Å². The van der Waals surface area contributed by atoms with Gasteiger partial charge < -0.3 is 5.73 Å². The molecular formula is C13H12BrFN2O2S. The van der Waals surface area contributed by atoms with Crippen LogP contribution >= 0.6 is 15.9 Å². The van der Waals surface area contributed by atoms with E-state index in [4.69, 9.17) is 5.73 Å². The van der Waals surface area contributed by atoms with Crippen LogP contribution in [0.2, 0.25) is 0 Å². The summed E-state index contributed by atoms with van der Waals surface area (Å²) in [6.45, 7) is -0.0634. The standard InChI is InChI=1S/C13H12BrFN2O2S/c14-10-2-1-3-11(7-10)17-20(18,19)12-4-5-13(15)9(6-12)8-16/h1-7,17H,8,16H2. The molecule has 106 valence electrons.